The van der Waals surface area contributed by atoms with Gasteiger partial charge in [0.05, 0.1) is 5.69 Å². The fraction of sp³-hybridized carbons (Fsp3) is 0.400. The molecule has 5 heteroatoms. The number of hydrogen-bond acceptors (Lipinski definition) is 5. The van der Waals surface area contributed by atoms with Crippen molar-refractivity contribution in [2.45, 2.75) is 19.8 Å². The molecule has 0 atom stereocenters. The highest BCUT2D eigenvalue weighted by molar-refractivity contribution is 5.75. The van der Waals surface area contributed by atoms with Gasteiger partial charge in [0.2, 0.25) is 0 Å². The van der Waals surface area contributed by atoms with Crippen LogP contribution < -0.4 is 16.6 Å². The number of nitrogen functional groups attached to an aromatic ring is 1. The van der Waals surface area contributed by atoms with E-state index in [1.165, 1.54) is 5.01 Å². The minimum Gasteiger partial charge on any atom is -0.396 e. The monoisotopic (exact) mass is 208 g/mol. The van der Waals surface area contributed by atoms with Crippen molar-refractivity contribution >= 4 is 17.3 Å². The van der Waals surface area contributed by atoms with Gasteiger partial charge < -0.3 is 10.5 Å². The van der Waals surface area contributed by atoms with Crippen molar-refractivity contribution in [1.29, 1.82) is 0 Å². The van der Waals surface area contributed by atoms with Gasteiger partial charge in [0.1, 0.15) is 5.78 Å². The molecule has 82 valence electrons. The topological polar surface area (TPSA) is 85.2 Å². The second kappa shape index (κ2) is 5.31. The zero-order chi connectivity index (χ0) is 11.3. The third kappa shape index (κ3) is 3.55. The molecule has 0 aliphatic rings. The van der Waals surface area contributed by atoms with Gasteiger partial charge in [-0.2, -0.15) is 0 Å². The summed E-state index contributed by atoms with van der Waals surface area (Å²) in [7, 11) is 0. The molecule has 0 aliphatic heterocycles. The molecule has 0 aliphatic carbocycles. The second-order valence-corrected chi connectivity index (χ2v) is 3.42. The molecule has 5 nitrogen and oxygen atoms in total. The minimum absolute atomic E-state index is 0.164. The normalized spacial score (nSPS) is 10.0. The summed E-state index contributed by atoms with van der Waals surface area (Å²) >= 11 is 0. The zero-order valence-electron chi connectivity index (χ0n) is 8.81. The van der Waals surface area contributed by atoms with Crippen LogP contribution in [-0.2, 0) is 4.79 Å². The van der Waals surface area contributed by atoms with E-state index >= 15 is 0 Å². The lowest BCUT2D eigenvalue weighted by atomic mass is 10.2. The van der Waals surface area contributed by atoms with Crippen LogP contribution in [0.2, 0.25) is 0 Å². The molecule has 1 aromatic heterocycles. The van der Waals surface area contributed by atoms with E-state index in [0.717, 1.165) is 0 Å². The summed E-state index contributed by atoms with van der Waals surface area (Å²) in [5.74, 6) is 6.48. The Bertz CT molecular complexity index is 340. The maximum Gasteiger partial charge on any atom is 0.165 e. The highest BCUT2D eigenvalue weighted by atomic mass is 16.1. The van der Waals surface area contributed by atoms with E-state index < -0.39 is 0 Å². The van der Waals surface area contributed by atoms with Crippen molar-refractivity contribution in [3.8, 4) is 0 Å². The molecule has 1 heterocycles. The Morgan fingerprint density at radius 2 is 2.33 bits per heavy atom. The summed E-state index contributed by atoms with van der Waals surface area (Å²) in [6.45, 7) is 2.14. The molecule has 1 aromatic rings. The first kappa shape index (κ1) is 11.5. The molecule has 0 amide bonds. The number of aromatic nitrogens is 1. The zero-order valence-corrected chi connectivity index (χ0v) is 8.81. The number of nitrogens with two attached hydrogens (primary N) is 2. The Hall–Kier alpha value is -1.62. The van der Waals surface area contributed by atoms with Gasteiger partial charge in [0.15, 0.2) is 5.82 Å². The Labute approximate surface area is 89.0 Å². The molecule has 1 rings (SSSR count). The van der Waals surface area contributed by atoms with Crippen LogP contribution in [-0.4, -0.2) is 17.3 Å². The lowest BCUT2D eigenvalue weighted by molar-refractivity contribution is -0.117. The molecule has 0 aromatic carbocycles. The fourth-order valence-electron chi connectivity index (χ4n) is 1.25. The smallest absolute Gasteiger partial charge is 0.165 e. The summed E-state index contributed by atoms with van der Waals surface area (Å²) in [6, 6.07) is 3.50. The number of pyridine rings is 1. The highest BCUT2D eigenvalue weighted by Crippen LogP contribution is 2.16. The molecule has 0 saturated heterocycles. The van der Waals surface area contributed by atoms with Crippen molar-refractivity contribution < 1.29 is 4.79 Å². The van der Waals surface area contributed by atoms with Gasteiger partial charge in [-0.1, -0.05) is 0 Å². The first-order chi connectivity index (χ1) is 7.11. The van der Waals surface area contributed by atoms with Gasteiger partial charge >= 0.3 is 0 Å². The average Bonchev–Trinajstić information content (AvgIpc) is 2.17. The maximum absolute atomic E-state index is 10.7. The summed E-state index contributed by atoms with van der Waals surface area (Å²) in [5.41, 5.74) is 6.25. The Kier molecular flexibility index (Phi) is 4.05. The van der Waals surface area contributed by atoms with E-state index in [1.807, 2.05) is 0 Å². The van der Waals surface area contributed by atoms with Gasteiger partial charge in [0.25, 0.3) is 0 Å². The largest absolute Gasteiger partial charge is 0.396 e. The summed E-state index contributed by atoms with van der Waals surface area (Å²) in [5, 5.41) is 1.47. The highest BCUT2D eigenvalue weighted by Gasteiger charge is 2.06. The van der Waals surface area contributed by atoms with E-state index in [2.05, 4.69) is 4.98 Å². The van der Waals surface area contributed by atoms with Crippen LogP contribution in [0.3, 0.4) is 0 Å². The lowest BCUT2D eigenvalue weighted by Crippen LogP contribution is -2.33. The minimum atomic E-state index is 0.164. The molecule has 0 spiro atoms. The molecule has 0 radical (unpaired) electrons. The van der Waals surface area contributed by atoms with Gasteiger partial charge in [0, 0.05) is 19.2 Å². The number of ketones is 1. The van der Waals surface area contributed by atoms with Crippen molar-refractivity contribution in [2.75, 3.05) is 17.3 Å². The first-order valence-electron chi connectivity index (χ1n) is 4.83. The Morgan fingerprint density at radius 3 is 2.93 bits per heavy atom. The average molecular weight is 208 g/mol. The molecule has 15 heavy (non-hydrogen) atoms. The molecule has 0 fully saturated rings. The predicted octanol–water partition coefficient (Wildman–Crippen LogP) is 0.713. The van der Waals surface area contributed by atoms with E-state index in [4.69, 9.17) is 11.6 Å². The van der Waals surface area contributed by atoms with Crippen LogP contribution in [0.4, 0.5) is 11.5 Å². The third-order valence-electron chi connectivity index (χ3n) is 2.02. The molecule has 4 N–H and O–H groups in total. The summed E-state index contributed by atoms with van der Waals surface area (Å²) < 4.78 is 0. The van der Waals surface area contributed by atoms with Crippen molar-refractivity contribution in [3.05, 3.63) is 18.3 Å². The first-order valence-corrected chi connectivity index (χ1v) is 4.83. The molecule has 0 bridgehead atoms. The number of nitrogens with zero attached hydrogens (tertiary/aromatic N) is 2. The van der Waals surface area contributed by atoms with Gasteiger partial charge in [-0.15, -0.1) is 0 Å². The van der Waals surface area contributed by atoms with E-state index in [1.54, 1.807) is 25.3 Å². The van der Waals surface area contributed by atoms with Crippen LogP contribution in [0, 0.1) is 0 Å². The van der Waals surface area contributed by atoms with Gasteiger partial charge in [-0.3, -0.25) is 5.01 Å². The predicted molar refractivity (Wildman–Crippen MR) is 60.1 cm³/mol. The number of hydrazine groups is 1. The molecular formula is C10H16N4O. The number of anilines is 2. The van der Waals surface area contributed by atoms with Crippen LogP contribution in [0.5, 0.6) is 0 Å². The van der Waals surface area contributed by atoms with E-state index in [-0.39, 0.29) is 5.78 Å². The molecule has 0 unspecified atom stereocenters. The van der Waals surface area contributed by atoms with Crippen molar-refractivity contribution in [2.24, 2.45) is 5.84 Å². The fourth-order valence-corrected chi connectivity index (χ4v) is 1.25. The van der Waals surface area contributed by atoms with Gasteiger partial charge in [-0.25, -0.2) is 10.8 Å². The number of Topliss-reactive ketones (excluding diaryl/α,β-unsaturated/α-hetero) is 1. The summed E-state index contributed by atoms with van der Waals surface area (Å²) in [4.78, 5) is 14.8. The van der Waals surface area contributed by atoms with Gasteiger partial charge in [-0.05, 0) is 25.5 Å². The number of hydrogen-bond donors (Lipinski definition) is 2. The SMILES string of the molecule is CC(=O)CCCN(N)c1ncccc1N. The maximum atomic E-state index is 10.7. The Balaban J connectivity index is 2.50. The van der Waals surface area contributed by atoms with Crippen molar-refractivity contribution in [1.82, 2.24) is 4.98 Å². The van der Waals surface area contributed by atoms with Crippen LogP contribution in [0.1, 0.15) is 19.8 Å². The van der Waals surface area contributed by atoms with Crippen LogP contribution in [0.25, 0.3) is 0 Å². The molecular weight excluding hydrogens is 192 g/mol. The van der Waals surface area contributed by atoms with Crippen LogP contribution in [0.15, 0.2) is 18.3 Å². The van der Waals surface area contributed by atoms with E-state index in [0.29, 0.717) is 30.9 Å². The lowest BCUT2D eigenvalue weighted by Gasteiger charge is -2.18. The Morgan fingerprint density at radius 1 is 1.60 bits per heavy atom. The van der Waals surface area contributed by atoms with Crippen molar-refractivity contribution in [3.63, 3.8) is 0 Å². The van der Waals surface area contributed by atoms with Crippen LogP contribution >= 0.6 is 0 Å². The van der Waals surface area contributed by atoms with E-state index in [9.17, 15) is 4.79 Å². The standard InChI is InChI=1S/C10H16N4O/c1-8(15)4-3-7-14(12)10-9(11)5-2-6-13-10/h2,5-6H,3-4,7,11-12H2,1H3. The summed E-state index contributed by atoms with van der Waals surface area (Å²) in [6.07, 6.45) is 2.87. The number of carbonyl (C=O) groups excluding carboxylic acids is 1. The quantitative estimate of drug-likeness (QED) is 0.550. The number of rotatable bonds is 5. The third-order valence-corrected chi connectivity index (χ3v) is 2.02. The number of carbonyl (C=O) groups is 1. The second-order valence-electron chi connectivity index (χ2n) is 3.42. The molecule has 0 saturated carbocycles.